The molecule has 1 aliphatic heterocycles. The lowest BCUT2D eigenvalue weighted by Gasteiger charge is -2.23. The highest BCUT2D eigenvalue weighted by molar-refractivity contribution is 5.17. The number of nitrogens with one attached hydrogen (secondary N) is 1. The average molecular weight is 248 g/mol. The molecule has 3 heteroatoms. The minimum Gasteiger partial charge on any atom is -0.468 e. The summed E-state index contributed by atoms with van der Waals surface area (Å²) in [5, 5.41) is 3.48. The first-order valence-corrected chi connectivity index (χ1v) is 6.72. The Kier molecular flexibility index (Phi) is 4.25. The molecule has 0 atom stereocenters. The third-order valence-electron chi connectivity index (χ3n) is 3.15. The fourth-order valence-electron chi connectivity index (χ4n) is 2.08. The molecule has 0 amide bonds. The summed E-state index contributed by atoms with van der Waals surface area (Å²) < 4.78 is 5.59. The minimum atomic E-state index is 0.123. The Morgan fingerprint density at radius 2 is 2.17 bits per heavy atom. The van der Waals surface area contributed by atoms with Gasteiger partial charge in [-0.3, -0.25) is 4.90 Å². The summed E-state index contributed by atoms with van der Waals surface area (Å²) in [4.78, 5) is 2.45. The van der Waals surface area contributed by atoms with Crippen molar-refractivity contribution in [1.82, 2.24) is 10.2 Å². The van der Waals surface area contributed by atoms with Crippen LogP contribution in [0.15, 0.2) is 28.9 Å². The summed E-state index contributed by atoms with van der Waals surface area (Å²) in [6, 6.07) is 2.10. The number of nitrogens with zero attached hydrogens (tertiary/aromatic N) is 1. The van der Waals surface area contributed by atoms with Gasteiger partial charge in [0.2, 0.25) is 0 Å². The van der Waals surface area contributed by atoms with Crippen molar-refractivity contribution < 1.29 is 4.42 Å². The van der Waals surface area contributed by atoms with Gasteiger partial charge in [-0.15, -0.1) is 0 Å². The summed E-state index contributed by atoms with van der Waals surface area (Å²) in [7, 11) is 0. The molecule has 0 unspecified atom stereocenters. The summed E-state index contributed by atoms with van der Waals surface area (Å²) in [5.74, 6) is 1.07. The van der Waals surface area contributed by atoms with Gasteiger partial charge in [0.15, 0.2) is 0 Å². The van der Waals surface area contributed by atoms with Crippen LogP contribution in [0.4, 0.5) is 0 Å². The van der Waals surface area contributed by atoms with Gasteiger partial charge in [0.25, 0.3) is 0 Å². The first kappa shape index (κ1) is 13.4. The van der Waals surface area contributed by atoms with Crippen LogP contribution in [0.25, 0.3) is 0 Å². The Morgan fingerprint density at radius 1 is 1.33 bits per heavy atom. The number of hydrogen-bond acceptors (Lipinski definition) is 3. The largest absolute Gasteiger partial charge is 0.468 e. The quantitative estimate of drug-likeness (QED) is 0.830. The van der Waals surface area contributed by atoms with Crippen molar-refractivity contribution in [2.75, 3.05) is 13.1 Å². The fourth-order valence-corrected chi connectivity index (χ4v) is 2.08. The molecule has 0 fully saturated rings. The predicted molar refractivity (Wildman–Crippen MR) is 74.3 cm³/mol. The molecule has 1 aromatic heterocycles. The van der Waals surface area contributed by atoms with Crippen molar-refractivity contribution in [3.8, 4) is 0 Å². The van der Waals surface area contributed by atoms with Crippen LogP contribution in [0.1, 0.15) is 38.5 Å². The second-order valence-corrected chi connectivity index (χ2v) is 5.97. The third kappa shape index (κ3) is 4.00. The van der Waals surface area contributed by atoms with E-state index >= 15 is 0 Å². The fraction of sp³-hybridized carbons (Fsp3) is 0.600. The van der Waals surface area contributed by atoms with Crippen molar-refractivity contribution in [2.24, 2.45) is 0 Å². The van der Waals surface area contributed by atoms with E-state index < -0.39 is 0 Å². The zero-order valence-corrected chi connectivity index (χ0v) is 11.7. The standard InChI is InChI=1S/C15H24N2O/c1-15(2,3)16-11-14-13(7-10-18-14)12-17-8-5-4-6-9-17/h4-5,7,10,16H,6,8-9,11-12H2,1-3H3. The Balaban J connectivity index is 1.92. The van der Waals surface area contributed by atoms with Crippen LogP contribution in [-0.4, -0.2) is 23.5 Å². The molecule has 1 aromatic rings. The number of furan rings is 1. The lowest BCUT2D eigenvalue weighted by Crippen LogP contribution is -2.35. The Bertz CT molecular complexity index is 401. The van der Waals surface area contributed by atoms with Gasteiger partial charge >= 0.3 is 0 Å². The molecule has 0 saturated heterocycles. The lowest BCUT2D eigenvalue weighted by molar-refractivity contribution is 0.286. The zero-order valence-electron chi connectivity index (χ0n) is 11.7. The highest BCUT2D eigenvalue weighted by Crippen LogP contribution is 2.16. The Morgan fingerprint density at radius 3 is 2.83 bits per heavy atom. The summed E-state index contributed by atoms with van der Waals surface area (Å²) in [6.45, 7) is 10.5. The SMILES string of the molecule is CC(C)(C)NCc1occc1CN1CC=CCC1. The molecule has 0 saturated carbocycles. The summed E-state index contributed by atoms with van der Waals surface area (Å²) >= 11 is 0. The van der Waals surface area contributed by atoms with Gasteiger partial charge in [-0.1, -0.05) is 12.2 Å². The maximum absolute atomic E-state index is 5.59. The van der Waals surface area contributed by atoms with Gasteiger partial charge in [-0.2, -0.15) is 0 Å². The molecule has 2 rings (SSSR count). The molecule has 0 bridgehead atoms. The van der Waals surface area contributed by atoms with Crippen LogP contribution >= 0.6 is 0 Å². The smallest absolute Gasteiger partial charge is 0.122 e. The molecule has 18 heavy (non-hydrogen) atoms. The second-order valence-electron chi connectivity index (χ2n) is 5.97. The van der Waals surface area contributed by atoms with Crippen molar-refractivity contribution in [3.63, 3.8) is 0 Å². The Hall–Kier alpha value is -1.06. The van der Waals surface area contributed by atoms with Gasteiger partial charge in [-0.25, -0.2) is 0 Å². The van der Waals surface area contributed by atoms with E-state index in [0.717, 1.165) is 38.4 Å². The van der Waals surface area contributed by atoms with Crippen LogP contribution in [0.5, 0.6) is 0 Å². The zero-order chi connectivity index (χ0) is 13.0. The number of hydrogen-bond donors (Lipinski definition) is 1. The second kappa shape index (κ2) is 5.72. The minimum absolute atomic E-state index is 0.123. The normalized spacial score (nSPS) is 17.3. The predicted octanol–water partition coefficient (Wildman–Crippen LogP) is 2.93. The van der Waals surface area contributed by atoms with Gasteiger partial charge < -0.3 is 9.73 Å². The molecule has 0 spiro atoms. The van der Waals surface area contributed by atoms with Gasteiger partial charge in [0.1, 0.15) is 5.76 Å². The molecule has 0 aromatic carbocycles. The van der Waals surface area contributed by atoms with Gasteiger partial charge in [0.05, 0.1) is 12.8 Å². The van der Waals surface area contributed by atoms with Crippen LogP contribution < -0.4 is 5.32 Å². The van der Waals surface area contributed by atoms with E-state index in [1.54, 1.807) is 6.26 Å². The van der Waals surface area contributed by atoms with Gasteiger partial charge in [-0.05, 0) is 33.3 Å². The molecule has 0 aliphatic carbocycles. The average Bonchev–Trinajstić information content (AvgIpc) is 2.74. The van der Waals surface area contributed by atoms with E-state index in [1.807, 2.05) is 0 Å². The summed E-state index contributed by atoms with van der Waals surface area (Å²) in [5.41, 5.74) is 1.43. The highest BCUT2D eigenvalue weighted by Gasteiger charge is 2.14. The maximum Gasteiger partial charge on any atom is 0.122 e. The van der Waals surface area contributed by atoms with E-state index in [2.05, 4.69) is 49.2 Å². The van der Waals surface area contributed by atoms with Gasteiger partial charge in [0, 0.05) is 30.7 Å². The van der Waals surface area contributed by atoms with Crippen molar-refractivity contribution in [2.45, 2.75) is 45.8 Å². The van der Waals surface area contributed by atoms with Crippen LogP contribution in [0.3, 0.4) is 0 Å². The van der Waals surface area contributed by atoms with E-state index in [1.165, 1.54) is 5.56 Å². The van der Waals surface area contributed by atoms with E-state index in [9.17, 15) is 0 Å². The van der Waals surface area contributed by atoms with Crippen molar-refractivity contribution in [1.29, 1.82) is 0 Å². The molecule has 1 aliphatic rings. The first-order chi connectivity index (χ1) is 8.54. The van der Waals surface area contributed by atoms with E-state index in [0.29, 0.717) is 0 Å². The monoisotopic (exact) mass is 248 g/mol. The maximum atomic E-state index is 5.59. The topological polar surface area (TPSA) is 28.4 Å². The van der Waals surface area contributed by atoms with E-state index in [-0.39, 0.29) is 5.54 Å². The van der Waals surface area contributed by atoms with Crippen molar-refractivity contribution in [3.05, 3.63) is 35.8 Å². The highest BCUT2D eigenvalue weighted by atomic mass is 16.3. The van der Waals surface area contributed by atoms with Crippen LogP contribution in [-0.2, 0) is 13.1 Å². The molecule has 0 radical (unpaired) electrons. The third-order valence-corrected chi connectivity index (χ3v) is 3.15. The molecule has 3 nitrogen and oxygen atoms in total. The molecule has 2 heterocycles. The van der Waals surface area contributed by atoms with E-state index in [4.69, 9.17) is 4.42 Å². The molecule has 100 valence electrons. The molecular weight excluding hydrogens is 224 g/mol. The van der Waals surface area contributed by atoms with Crippen LogP contribution in [0.2, 0.25) is 0 Å². The Labute approximate surface area is 110 Å². The lowest BCUT2D eigenvalue weighted by atomic mass is 10.1. The molecular formula is C15H24N2O. The summed E-state index contributed by atoms with van der Waals surface area (Å²) in [6.07, 6.45) is 7.47. The first-order valence-electron chi connectivity index (χ1n) is 6.72. The number of rotatable bonds is 4. The van der Waals surface area contributed by atoms with Crippen LogP contribution in [0, 0.1) is 0 Å². The molecule has 1 N–H and O–H groups in total. The van der Waals surface area contributed by atoms with Crippen molar-refractivity contribution >= 4 is 0 Å².